The van der Waals surface area contributed by atoms with E-state index in [9.17, 15) is 56.0 Å². The van der Waals surface area contributed by atoms with Gasteiger partial charge in [-0.3, -0.25) is 14.2 Å². The number of carbonyl (C=O) groups excluding carboxylic acids is 1. The van der Waals surface area contributed by atoms with Crippen molar-refractivity contribution in [1.29, 1.82) is 0 Å². The second kappa shape index (κ2) is 47.8. The average molecular weight is 2120 g/mol. The second-order valence-corrected chi connectivity index (χ2v) is 45.1. The summed E-state index contributed by atoms with van der Waals surface area (Å²) in [6, 6.07) is 19.2. The Labute approximate surface area is 823 Å². The molecule has 17 rings (SSSR count). The van der Waals surface area contributed by atoms with E-state index in [0.717, 1.165) is 212 Å². The summed E-state index contributed by atoms with van der Waals surface area (Å²) in [6.45, 7) is 5.07. The number of hydrogen-bond donors (Lipinski definition) is 7. The third-order valence-corrected chi connectivity index (χ3v) is 34.8. The van der Waals surface area contributed by atoms with Crippen molar-refractivity contribution in [3.63, 3.8) is 0 Å². The number of Topliss-reactive ketones (excluding diaryl/α,β-unsaturated/α-hetero) is 1. The van der Waals surface area contributed by atoms with E-state index in [0.29, 0.717) is 133 Å². The van der Waals surface area contributed by atoms with Gasteiger partial charge in [-0.25, -0.2) is 84.2 Å². The zero-order valence-electron chi connectivity index (χ0n) is 74.3. The molecule has 0 radical (unpaired) electrons. The molecule has 6 heterocycles. The number of sulfonamides is 4. The Morgan fingerprint density at radius 2 is 0.779 bits per heavy atom. The number of ether oxygens (including phenoxy) is 8. The maximum absolute atomic E-state index is 15.5. The lowest BCUT2D eigenvalue weighted by molar-refractivity contribution is -0.182. The summed E-state index contributed by atoms with van der Waals surface area (Å²) < 4.78 is 226. The molecule has 4 aromatic heterocycles. The number of halogens is 9. The van der Waals surface area contributed by atoms with Crippen LogP contribution in [0, 0.1) is 52.8 Å². The van der Waals surface area contributed by atoms with Crippen molar-refractivity contribution in [1.82, 2.24) is 25.3 Å². The molecular formula is C89H104Cl4F5N13O17S8. The van der Waals surface area contributed by atoms with Gasteiger partial charge >= 0.3 is 0 Å². The molecule has 0 amide bonds. The van der Waals surface area contributed by atoms with Gasteiger partial charge in [-0.2, -0.15) is 0 Å². The van der Waals surface area contributed by atoms with Crippen LogP contribution in [0.2, 0.25) is 20.1 Å². The van der Waals surface area contributed by atoms with Crippen molar-refractivity contribution in [2.75, 3.05) is 115 Å². The van der Waals surface area contributed by atoms with Crippen molar-refractivity contribution in [3.05, 3.63) is 192 Å². The van der Waals surface area contributed by atoms with Crippen LogP contribution in [0.4, 0.5) is 59.5 Å². The molecule has 2 aliphatic heterocycles. The monoisotopic (exact) mass is 2120 g/mol. The standard InChI is InChI=1S/C27H31ClFN3O6S2.C19H24ClFN4O2S2.C18H15ClF2N2O4S2.C16H17ClFN3O3S2.C9H17NO2/c1-35-20-4-3-19(24(13-20)36-2)17-32(26-30-9-12-39-26)40(33,34)25-14-21(28)23(15-22(25)29)31-16-18-5-7-27(8-6-18)37-10-11-38-27;20-15-9-18(29(26,27)25-19-22-7-8-28-19)16(21)10-17(15)23-11-12-1-3-13(4-2-12)24-14-5-6-14;1-26-12-4-3-11(16(7-12)27-2)10-23(18-22-5-6-28-18)29(24,25)17-8-13(19)14(20)9-15(17)21;17-12-7-15(26(23,24)21-16-19-5-6-25-16)13(18)8-14(12)20-9-10-1-3-11(22)4-2-10;10-7-8-1-3-9(4-2-8)11-5-6-12-9/h3-4,9,12-15,18,31H,5-8,10-11,16-17H2,1-2H3;7-10,12-14,23-24H,1-6,11H2,(H,22,25);3-9H,10H2,1-2H3;5-8,10,20H,1-4,9H2,(H,19,21);8H,1-7,10H2. The normalized spacial score (nSPS) is 18.3. The van der Waals surface area contributed by atoms with Crippen LogP contribution < -0.4 is 64.0 Å². The smallest absolute Gasteiger partial charge is 0.269 e. The lowest BCUT2D eigenvalue weighted by atomic mass is 9.85. The molecular weight excluding hydrogens is 2020 g/mol. The van der Waals surface area contributed by atoms with Crippen LogP contribution in [0.25, 0.3) is 0 Å². The van der Waals surface area contributed by atoms with Crippen LogP contribution in [0.3, 0.4) is 0 Å². The van der Waals surface area contributed by atoms with E-state index in [2.05, 4.69) is 50.6 Å². The average Bonchev–Trinajstić information content (AvgIpc) is 1.37. The van der Waals surface area contributed by atoms with E-state index in [1.54, 1.807) is 57.9 Å². The highest BCUT2D eigenvalue weighted by Gasteiger charge is 2.43. The molecule has 0 bridgehead atoms. The Hall–Kier alpha value is -8.32. The first-order valence-electron chi connectivity index (χ1n) is 43.6. The number of thiazole rings is 4. The predicted octanol–water partition coefficient (Wildman–Crippen LogP) is 19.4. The summed E-state index contributed by atoms with van der Waals surface area (Å²) >= 11 is 28.9. The molecule has 6 aromatic carbocycles. The molecule has 8 N–H and O–H groups in total. The topological polar surface area (TPSA) is 384 Å². The Morgan fingerprint density at radius 3 is 1.15 bits per heavy atom. The van der Waals surface area contributed by atoms with Gasteiger partial charge in [0.25, 0.3) is 40.1 Å². The van der Waals surface area contributed by atoms with Crippen LogP contribution in [0.5, 0.6) is 23.0 Å². The summed E-state index contributed by atoms with van der Waals surface area (Å²) in [5.41, 5.74) is 7.72. The van der Waals surface area contributed by atoms with Gasteiger partial charge in [0.1, 0.15) is 77.4 Å². The lowest BCUT2D eigenvalue weighted by Crippen LogP contribution is -2.36. The largest absolute Gasteiger partial charge is 0.497 e. The first-order chi connectivity index (χ1) is 65.1. The van der Waals surface area contributed by atoms with Gasteiger partial charge in [0.2, 0.25) is 0 Å². The molecule has 47 heteroatoms. The van der Waals surface area contributed by atoms with Crippen LogP contribution in [0.15, 0.2) is 151 Å². The highest BCUT2D eigenvalue weighted by Crippen LogP contribution is 2.44. The molecule has 0 atom stereocenters. The number of rotatable bonds is 32. The maximum atomic E-state index is 15.5. The van der Waals surface area contributed by atoms with Crippen LogP contribution in [-0.2, 0) is 76.9 Å². The highest BCUT2D eigenvalue weighted by atomic mass is 35.5. The minimum atomic E-state index is -4.46. The molecule has 30 nitrogen and oxygen atoms in total. The van der Waals surface area contributed by atoms with Gasteiger partial charge in [0.05, 0.1) is 105 Å². The molecule has 5 aliphatic carbocycles. The predicted molar refractivity (Wildman–Crippen MR) is 518 cm³/mol. The fraction of sp³-hybridized carbons (Fsp3) is 0.449. The fourth-order valence-corrected chi connectivity index (χ4v) is 25.8. The lowest BCUT2D eigenvalue weighted by Gasteiger charge is -2.35. The number of nitrogens with one attached hydrogen (secondary N) is 6. The van der Waals surface area contributed by atoms with Crippen LogP contribution in [0.1, 0.15) is 127 Å². The number of ketones is 1. The summed E-state index contributed by atoms with van der Waals surface area (Å²) in [7, 11) is -11.2. The molecule has 0 unspecified atom stereocenters. The number of aromatic nitrogens is 4. The number of anilines is 7. The van der Waals surface area contributed by atoms with Crippen molar-refractivity contribution in [2.24, 2.45) is 29.4 Å². The van der Waals surface area contributed by atoms with Crippen molar-refractivity contribution < 1.29 is 98.3 Å². The fourth-order valence-electron chi connectivity index (χ4n) is 16.2. The summed E-state index contributed by atoms with van der Waals surface area (Å²) in [6.07, 6.45) is 23.5. The van der Waals surface area contributed by atoms with E-state index in [1.807, 2.05) is 0 Å². The van der Waals surface area contributed by atoms with Crippen LogP contribution >= 0.6 is 91.8 Å². The minimum Gasteiger partial charge on any atom is -0.497 e. The van der Waals surface area contributed by atoms with Crippen molar-refractivity contribution in [3.8, 4) is 23.0 Å². The third-order valence-electron chi connectivity index (χ3n) is 23.9. The molecule has 2 spiro atoms. The van der Waals surface area contributed by atoms with E-state index in [-0.39, 0.29) is 60.3 Å². The van der Waals surface area contributed by atoms with Gasteiger partial charge in [-0.15, -0.1) is 45.3 Å². The molecule has 10 aromatic rings. The molecule has 5 saturated carbocycles. The van der Waals surface area contributed by atoms with E-state index >= 15 is 4.39 Å². The first-order valence-corrected chi connectivity index (χ1v) is 54.5. The number of methoxy groups -OCH3 is 4. The molecule has 136 heavy (non-hydrogen) atoms. The molecule has 738 valence electrons. The molecule has 2 saturated heterocycles. The summed E-state index contributed by atoms with van der Waals surface area (Å²) in [4.78, 5) is 24.8. The zero-order chi connectivity index (χ0) is 97.1. The number of nitrogens with zero attached hydrogens (tertiary/aromatic N) is 6. The third kappa shape index (κ3) is 27.7. The zero-order valence-corrected chi connectivity index (χ0v) is 83.9. The van der Waals surface area contributed by atoms with Gasteiger partial charge < -0.3 is 64.9 Å². The van der Waals surface area contributed by atoms with Crippen molar-refractivity contribution >= 4 is 175 Å². The van der Waals surface area contributed by atoms with Gasteiger partial charge in [-0.1, -0.05) is 46.4 Å². The molecule has 7 fully saturated rings. The molecule has 7 aliphatic rings. The quantitative estimate of drug-likeness (QED) is 0.0152. The van der Waals surface area contributed by atoms with Crippen molar-refractivity contribution in [2.45, 2.75) is 172 Å². The summed E-state index contributed by atoms with van der Waals surface area (Å²) in [5.74, 6) is -1.64. The Bertz CT molecular complexity index is 6140. The van der Waals surface area contributed by atoms with Gasteiger partial charge in [-0.05, 0) is 174 Å². The SMILES string of the molecule is COc1ccc(CN(c2nccs2)S(=O)(=O)c2cc(Cl)c(F)cc2F)c(OC)c1.COc1ccc(CN(c2nccs2)S(=O)(=O)c2cc(Cl)c(NCC3CCC4(CC3)OCCO4)cc2F)c(OC)c1.NCC1CCC2(CC1)OCCO2.O=C1CCC(CNc2cc(F)c(S(=O)(=O)Nc3nccs3)cc2Cl)CC1.O=S(=O)(Nc1nccs1)c1cc(Cl)c(NCC2CCC(NC3CC3)CC2)cc1F. The van der Waals surface area contributed by atoms with Gasteiger partial charge in [0.15, 0.2) is 32.1 Å². The number of nitrogens with two attached hydrogens (primary N) is 1. The van der Waals surface area contributed by atoms with E-state index < -0.39 is 99.6 Å². The first kappa shape index (κ1) is 105. The maximum Gasteiger partial charge on any atom is 0.269 e. The van der Waals surface area contributed by atoms with E-state index in [1.165, 1.54) is 66.1 Å². The Balaban J connectivity index is 0.000000149. The highest BCUT2D eigenvalue weighted by molar-refractivity contribution is 7.94. The Kier molecular flexibility index (Phi) is 36.9. The van der Waals surface area contributed by atoms with E-state index in [4.69, 9.17) is 90.0 Å². The van der Waals surface area contributed by atoms with Gasteiger partial charge in [0, 0.05) is 146 Å². The minimum absolute atomic E-state index is 0.0997. The number of hydrogen-bond acceptors (Lipinski definition) is 30. The number of benzene rings is 6. The van der Waals surface area contributed by atoms with Crippen LogP contribution in [-0.4, -0.2) is 164 Å². The number of carbonyl (C=O) groups is 1. The second-order valence-electron chi connectivity index (χ2n) is 33.0. The summed E-state index contributed by atoms with van der Waals surface area (Å²) in [5, 5.41) is 20.1. The Morgan fingerprint density at radius 1 is 0.426 bits per heavy atom.